The molecule has 0 spiro atoms. The van der Waals surface area contributed by atoms with E-state index < -0.39 is 0 Å². The first kappa shape index (κ1) is 17.9. The van der Waals surface area contributed by atoms with Crippen LogP contribution in [0.3, 0.4) is 0 Å². The van der Waals surface area contributed by atoms with Crippen LogP contribution in [0.2, 0.25) is 0 Å². The molecule has 1 aromatic heterocycles. The van der Waals surface area contributed by atoms with Gasteiger partial charge in [-0.3, -0.25) is 5.43 Å². The number of hydrogen-bond acceptors (Lipinski definition) is 6. The van der Waals surface area contributed by atoms with Crippen LogP contribution >= 0.6 is 11.3 Å². The molecule has 0 fully saturated rings. The van der Waals surface area contributed by atoms with Gasteiger partial charge < -0.3 is 9.84 Å². The standard InChI is InChI=1S/C20H21N3O2S/c1-4-25-19-10-15(6-8-18(19)24)11-21-23-20-22-17(12-26-20)16-7-5-13(2)14(3)9-16/h5-12,24H,4H2,1-3H3,(H,22,23)/b21-11-. The van der Waals surface area contributed by atoms with E-state index in [1.54, 1.807) is 24.4 Å². The van der Waals surface area contributed by atoms with Crippen molar-refractivity contribution >= 4 is 22.7 Å². The Morgan fingerprint density at radius 1 is 1.19 bits per heavy atom. The zero-order valence-corrected chi connectivity index (χ0v) is 15.8. The van der Waals surface area contributed by atoms with Crippen molar-refractivity contribution in [2.45, 2.75) is 20.8 Å². The zero-order chi connectivity index (χ0) is 18.5. The van der Waals surface area contributed by atoms with Gasteiger partial charge in [-0.15, -0.1) is 11.3 Å². The molecule has 26 heavy (non-hydrogen) atoms. The summed E-state index contributed by atoms with van der Waals surface area (Å²) in [7, 11) is 0. The minimum atomic E-state index is 0.120. The van der Waals surface area contributed by atoms with Crippen molar-refractivity contribution in [3.05, 3.63) is 58.5 Å². The Hall–Kier alpha value is -2.86. The van der Waals surface area contributed by atoms with Crippen LogP contribution in [0.5, 0.6) is 11.5 Å². The molecule has 0 saturated heterocycles. The van der Waals surface area contributed by atoms with Crippen molar-refractivity contribution in [3.63, 3.8) is 0 Å². The molecule has 2 aromatic carbocycles. The molecule has 0 unspecified atom stereocenters. The number of thiazole rings is 1. The van der Waals surface area contributed by atoms with Gasteiger partial charge in [0.2, 0.25) is 5.13 Å². The first-order chi connectivity index (χ1) is 12.6. The quantitative estimate of drug-likeness (QED) is 0.476. The van der Waals surface area contributed by atoms with E-state index in [0.29, 0.717) is 12.4 Å². The van der Waals surface area contributed by atoms with Crippen LogP contribution in [-0.2, 0) is 0 Å². The molecule has 3 aromatic rings. The summed E-state index contributed by atoms with van der Waals surface area (Å²) in [6.45, 7) is 6.56. The lowest BCUT2D eigenvalue weighted by Gasteiger charge is -2.05. The van der Waals surface area contributed by atoms with Gasteiger partial charge in [-0.05, 0) is 61.7 Å². The molecule has 2 N–H and O–H groups in total. The van der Waals surface area contributed by atoms with E-state index in [2.05, 4.69) is 47.6 Å². The van der Waals surface area contributed by atoms with Crippen molar-refractivity contribution in [1.82, 2.24) is 4.98 Å². The number of anilines is 1. The maximum atomic E-state index is 9.72. The molecule has 0 aliphatic carbocycles. The van der Waals surface area contributed by atoms with Crippen molar-refractivity contribution in [2.75, 3.05) is 12.0 Å². The number of aromatic hydroxyl groups is 1. The Bertz CT molecular complexity index is 935. The maximum absolute atomic E-state index is 9.72. The summed E-state index contributed by atoms with van der Waals surface area (Å²) in [4.78, 5) is 4.57. The lowest BCUT2D eigenvalue weighted by Crippen LogP contribution is -1.94. The highest BCUT2D eigenvalue weighted by molar-refractivity contribution is 7.14. The third-order valence-electron chi connectivity index (χ3n) is 3.96. The molecule has 0 atom stereocenters. The molecule has 3 rings (SSSR count). The molecule has 5 nitrogen and oxygen atoms in total. The smallest absolute Gasteiger partial charge is 0.203 e. The lowest BCUT2D eigenvalue weighted by atomic mass is 10.1. The molecule has 6 heteroatoms. The number of hydrazone groups is 1. The largest absolute Gasteiger partial charge is 0.504 e. The van der Waals surface area contributed by atoms with Crippen molar-refractivity contribution in [1.29, 1.82) is 0 Å². The number of aryl methyl sites for hydroxylation is 2. The average Bonchev–Trinajstić information content (AvgIpc) is 3.09. The maximum Gasteiger partial charge on any atom is 0.203 e. The fourth-order valence-electron chi connectivity index (χ4n) is 2.40. The van der Waals surface area contributed by atoms with Gasteiger partial charge in [-0.1, -0.05) is 12.1 Å². The predicted octanol–water partition coefficient (Wildman–Crippen LogP) is 4.98. The monoisotopic (exact) mass is 367 g/mol. The molecule has 0 aliphatic rings. The van der Waals surface area contributed by atoms with Gasteiger partial charge in [-0.25, -0.2) is 4.98 Å². The van der Waals surface area contributed by atoms with E-state index >= 15 is 0 Å². The summed E-state index contributed by atoms with van der Waals surface area (Å²) in [5.41, 5.74) is 8.32. The van der Waals surface area contributed by atoms with Gasteiger partial charge >= 0.3 is 0 Å². The van der Waals surface area contributed by atoms with Crippen LogP contribution in [0.15, 0.2) is 46.9 Å². The van der Waals surface area contributed by atoms with Gasteiger partial charge in [0.25, 0.3) is 0 Å². The minimum Gasteiger partial charge on any atom is -0.504 e. The van der Waals surface area contributed by atoms with Crippen LogP contribution in [0.4, 0.5) is 5.13 Å². The van der Waals surface area contributed by atoms with Gasteiger partial charge in [0.05, 0.1) is 18.5 Å². The number of phenols is 1. The normalized spacial score (nSPS) is 11.0. The van der Waals surface area contributed by atoms with E-state index in [4.69, 9.17) is 4.74 Å². The van der Waals surface area contributed by atoms with E-state index in [9.17, 15) is 5.11 Å². The minimum absolute atomic E-state index is 0.120. The molecule has 1 heterocycles. The second-order valence-corrected chi connectivity index (χ2v) is 6.73. The highest BCUT2D eigenvalue weighted by Crippen LogP contribution is 2.27. The second kappa shape index (κ2) is 8.01. The first-order valence-electron chi connectivity index (χ1n) is 8.35. The summed E-state index contributed by atoms with van der Waals surface area (Å²) in [5.74, 6) is 0.567. The average molecular weight is 367 g/mol. The highest BCUT2D eigenvalue weighted by atomic mass is 32.1. The third-order valence-corrected chi connectivity index (χ3v) is 4.71. The van der Waals surface area contributed by atoms with Crippen LogP contribution in [0.1, 0.15) is 23.6 Å². The predicted molar refractivity (Wildman–Crippen MR) is 108 cm³/mol. The third kappa shape index (κ3) is 4.21. The molecular weight excluding hydrogens is 346 g/mol. The van der Waals surface area contributed by atoms with Gasteiger partial charge in [0.15, 0.2) is 11.5 Å². The number of phenolic OH excluding ortho intramolecular Hbond substituents is 1. The Balaban J connectivity index is 1.69. The number of rotatable bonds is 6. The SMILES string of the molecule is CCOc1cc(/C=N\Nc2nc(-c3ccc(C)c(C)c3)cs2)ccc1O. The van der Waals surface area contributed by atoms with Gasteiger partial charge in [-0.2, -0.15) is 5.10 Å². The molecule has 134 valence electrons. The van der Waals surface area contributed by atoms with Gasteiger partial charge in [0, 0.05) is 10.9 Å². The lowest BCUT2D eigenvalue weighted by molar-refractivity contribution is 0.318. The highest BCUT2D eigenvalue weighted by Gasteiger charge is 2.05. The number of hydrogen-bond donors (Lipinski definition) is 2. The zero-order valence-electron chi connectivity index (χ0n) is 15.0. The Morgan fingerprint density at radius 3 is 2.81 bits per heavy atom. The van der Waals surface area contributed by atoms with E-state index in [1.165, 1.54) is 22.5 Å². The summed E-state index contributed by atoms with van der Waals surface area (Å²) in [6, 6.07) is 11.4. The van der Waals surface area contributed by atoms with E-state index in [-0.39, 0.29) is 5.75 Å². The molecule has 0 aliphatic heterocycles. The molecular formula is C20H21N3O2S. The summed E-state index contributed by atoms with van der Waals surface area (Å²) >= 11 is 1.50. The Morgan fingerprint density at radius 2 is 2.04 bits per heavy atom. The number of nitrogens with zero attached hydrogens (tertiary/aromatic N) is 2. The fourth-order valence-corrected chi connectivity index (χ4v) is 3.07. The van der Waals surface area contributed by atoms with Crippen LogP contribution in [0, 0.1) is 13.8 Å². The first-order valence-corrected chi connectivity index (χ1v) is 9.23. The second-order valence-electron chi connectivity index (χ2n) is 5.87. The number of nitrogens with one attached hydrogen (secondary N) is 1. The summed E-state index contributed by atoms with van der Waals surface area (Å²) in [5, 5.41) is 16.7. The van der Waals surface area contributed by atoms with E-state index in [1.807, 2.05) is 12.3 Å². The molecule has 0 amide bonds. The van der Waals surface area contributed by atoms with Crippen LogP contribution < -0.4 is 10.2 Å². The van der Waals surface area contributed by atoms with Crippen molar-refractivity contribution < 1.29 is 9.84 Å². The van der Waals surface area contributed by atoms with Crippen molar-refractivity contribution in [2.24, 2.45) is 5.10 Å². The van der Waals surface area contributed by atoms with Crippen LogP contribution in [0.25, 0.3) is 11.3 Å². The van der Waals surface area contributed by atoms with Gasteiger partial charge in [0.1, 0.15) is 0 Å². The summed E-state index contributed by atoms with van der Waals surface area (Å²) in [6.07, 6.45) is 1.67. The Labute approximate surface area is 157 Å². The summed E-state index contributed by atoms with van der Waals surface area (Å²) < 4.78 is 5.37. The molecule has 0 bridgehead atoms. The fraction of sp³-hybridized carbons (Fsp3) is 0.200. The topological polar surface area (TPSA) is 66.7 Å². The number of ether oxygens (including phenoxy) is 1. The number of aromatic nitrogens is 1. The number of benzene rings is 2. The van der Waals surface area contributed by atoms with Crippen LogP contribution in [-0.4, -0.2) is 22.9 Å². The molecule has 0 saturated carbocycles. The van der Waals surface area contributed by atoms with Crippen molar-refractivity contribution in [3.8, 4) is 22.8 Å². The molecule has 0 radical (unpaired) electrons. The Kier molecular flexibility index (Phi) is 5.53. The van der Waals surface area contributed by atoms with E-state index in [0.717, 1.165) is 22.0 Å².